The zero-order valence-corrected chi connectivity index (χ0v) is 14.8. The van der Waals surface area contributed by atoms with Gasteiger partial charge >= 0.3 is 6.09 Å². The van der Waals surface area contributed by atoms with Crippen LogP contribution in [0.4, 0.5) is 4.79 Å². The molecule has 0 aliphatic rings. The number of nitrogens with one attached hydrogen (secondary N) is 1. The largest absolute Gasteiger partial charge is 0.487 e. The molecule has 2 aromatic rings. The predicted molar refractivity (Wildman–Crippen MR) is 88.1 cm³/mol. The SMILES string of the molecule is CC(C)(C)OC(=O)NCc1cc(Br)ccc1OCc1cocn1. The van der Waals surface area contributed by atoms with Gasteiger partial charge in [0.05, 0.1) is 0 Å². The molecule has 1 heterocycles. The van der Waals surface area contributed by atoms with Crippen LogP contribution in [0.25, 0.3) is 0 Å². The first-order chi connectivity index (χ1) is 10.8. The van der Waals surface area contributed by atoms with Crippen LogP contribution in [0.5, 0.6) is 5.75 Å². The molecule has 1 N–H and O–H groups in total. The number of carbonyl (C=O) groups excluding carboxylic acids is 1. The summed E-state index contributed by atoms with van der Waals surface area (Å²) >= 11 is 3.42. The van der Waals surface area contributed by atoms with E-state index in [-0.39, 0.29) is 6.61 Å². The van der Waals surface area contributed by atoms with Crippen LogP contribution in [-0.2, 0) is 17.9 Å². The Morgan fingerprint density at radius 3 is 2.83 bits per heavy atom. The molecule has 0 atom stereocenters. The van der Waals surface area contributed by atoms with Crippen molar-refractivity contribution in [1.29, 1.82) is 0 Å². The lowest BCUT2D eigenvalue weighted by Crippen LogP contribution is -2.32. The van der Waals surface area contributed by atoms with Crippen LogP contribution in [0, 0.1) is 0 Å². The van der Waals surface area contributed by atoms with E-state index in [1.807, 2.05) is 39.0 Å². The lowest BCUT2D eigenvalue weighted by atomic mass is 10.2. The molecule has 0 saturated carbocycles. The van der Waals surface area contributed by atoms with Gasteiger partial charge in [0.25, 0.3) is 0 Å². The molecule has 23 heavy (non-hydrogen) atoms. The van der Waals surface area contributed by atoms with E-state index < -0.39 is 11.7 Å². The number of hydrogen-bond acceptors (Lipinski definition) is 5. The highest BCUT2D eigenvalue weighted by molar-refractivity contribution is 9.10. The van der Waals surface area contributed by atoms with Crippen LogP contribution in [0.1, 0.15) is 32.0 Å². The van der Waals surface area contributed by atoms with Crippen LogP contribution < -0.4 is 10.1 Å². The Hall–Kier alpha value is -2.02. The molecule has 1 aromatic carbocycles. The van der Waals surface area contributed by atoms with Gasteiger partial charge in [0.1, 0.15) is 29.9 Å². The second-order valence-corrected chi connectivity index (χ2v) is 6.79. The van der Waals surface area contributed by atoms with E-state index >= 15 is 0 Å². The number of amides is 1. The average molecular weight is 383 g/mol. The molecule has 0 fully saturated rings. The van der Waals surface area contributed by atoms with Gasteiger partial charge in [-0.3, -0.25) is 0 Å². The van der Waals surface area contributed by atoms with Crippen molar-refractivity contribution in [3.8, 4) is 5.75 Å². The molecule has 0 radical (unpaired) electrons. The van der Waals surface area contributed by atoms with E-state index in [1.165, 1.54) is 12.7 Å². The third kappa shape index (κ3) is 5.94. The molecule has 6 nitrogen and oxygen atoms in total. The zero-order valence-electron chi connectivity index (χ0n) is 13.3. The van der Waals surface area contributed by atoms with Crippen LogP contribution in [0.2, 0.25) is 0 Å². The van der Waals surface area contributed by atoms with Crippen LogP contribution in [-0.4, -0.2) is 16.7 Å². The maximum atomic E-state index is 11.8. The van der Waals surface area contributed by atoms with E-state index in [2.05, 4.69) is 26.2 Å². The van der Waals surface area contributed by atoms with Crippen molar-refractivity contribution in [2.45, 2.75) is 39.5 Å². The number of hydrogen-bond donors (Lipinski definition) is 1. The van der Waals surface area contributed by atoms with Gasteiger partial charge in [0.15, 0.2) is 6.39 Å². The van der Waals surface area contributed by atoms with E-state index in [9.17, 15) is 4.79 Å². The van der Waals surface area contributed by atoms with Gasteiger partial charge < -0.3 is 19.2 Å². The van der Waals surface area contributed by atoms with Crippen molar-refractivity contribution in [2.24, 2.45) is 0 Å². The summed E-state index contributed by atoms with van der Waals surface area (Å²) in [6.45, 7) is 6.04. The quantitative estimate of drug-likeness (QED) is 0.844. The summed E-state index contributed by atoms with van der Waals surface area (Å²) in [5.41, 5.74) is 0.987. The molecule has 2 rings (SSSR count). The van der Waals surface area contributed by atoms with Gasteiger partial charge in [-0.2, -0.15) is 0 Å². The number of carbonyl (C=O) groups is 1. The lowest BCUT2D eigenvalue weighted by molar-refractivity contribution is 0.0523. The minimum atomic E-state index is -0.534. The van der Waals surface area contributed by atoms with Crippen LogP contribution in [0.15, 0.2) is 39.7 Å². The van der Waals surface area contributed by atoms with Crippen molar-refractivity contribution < 1.29 is 18.7 Å². The normalized spacial score (nSPS) is 11.1. The Morgan fingerprint density at radius 2 is 2.17 bits per heavy atom. The molecule has 1 aromatic heterocycles. The minimum Gasteiger partial charge on any atom is -0.487 e. The van der Waals surface area contributed by atoms with Crippen molar-refractivity contribution in [2.75, 3.05) is 0 Å². The maximum absolute atomic E-state index is 11.8. The summed E-state index contributed by atoms with van der Waals surface area (Å²) in [5, 5.41) is 2.72. The number of benzene rings is 1. The fourth-order valence-electron chi connectivity index (χ4n) is 1.77. The first kappa shape index (κ1) is 17.3. The van der Waals surface area contributed by atoms with Gasteiger partial charge in [-0.15, -0.1) is 0 Å². The summed E-state index contributed by atoms with van der Waals surface area (Å²) in [6.07, 6.45) is 2.41. The molecule has 0 aliphatic carbocycles. The molecule has 1 amide bonds. The Kier molecular flexibility index (Phi) is 5.65. The third-order valence-electron chi connectivity index (χ3n) is 2.70. The number of rotatable bonds is 5. The molecule has 0 aliphatic heterocycles. The number of oxazole rings is 1. The number of ether oxygens (including phenoxy) is 2. The number of halogens is 1. The summed E-state index contributed by atoms with van der Waals surface area (Å²) in [7, 11) is 0. The fraction of sp³-hybridized carbons (Fsp3) is 0.375. The van der Waals surface area contributed by atoms with Crippen molar-refractivity contribution in [3.63, 3.8) is 0 Å². The number of aromatic nitrogens is 1. The molecule has 0 saturated heterocycles. The molecule has 0 bridgehead atoms. The van der Waals surface area contributed by atoms with Crippen molar-refractivity contribution in [3.05, 3.63) is 46.6 Å². The van der Waals surface area contributed by atoms with Gasteiger partial charge in [0.2, 0.25) is 0 Å². The molecular weight excluding hydrogens is 364 g/mol. The first-order valence-electron chi connectivity index (χ1n) is 7.08. The molecule has 124 valence electrons. The summed E-state index contributed by atoms with van der Waals surface area (Å²) in [4.78, 5) is 15.8. The van der Waals surface area contributed by atoms with Gasteiger partial charge in [-0.25, -0.2) is 9.78 Å². The first-order valence-corrected chi connectivity index (χ1v) is 7.88. The zero-order chi connectivity index (χ0) is 16.9. The molecule has 0 unspecified atom stereocenters. The van der Waals surface area contributed by atoms with Crippen molar-refractivity contribution >= 4 is 22.0 Å². The van der Waals surface area contributed by atoms with Gasteiger partial charge in [-0.05, 0) is 39.0 Å². The van der Waals surface area contributed by atoms with Crippen molar-refractivity contribution in [1.82, 2.24) is 10.3 Å². The van der Waals surface area contributed by atoms with E-state index in [1.54, 1.807) is 0 Å². The monoisotopic (exact) mass is 382 g/mol. The smallest absolute Gasteiger partial charge is 0.407 e. The van der Waals surface area contributed by atoms with E-state index in [4.69, 9.17) is 13.9 Å². The topological polar surface area (TPSA) is 73.6 Å². The summed E-state index contributed by atoms with van der Waals surface area (Å²) in [5.74, 6) is 0.659. The van der Waals surface area contributed by atoms with E-state index in [0.29, 0.717) is 18.0 Å². The average Bonchev–Trinajstić information content (AvgIpc) is 2.95. The summed E-state index contributed by atoms with van der Waals surface area (Å²) in [6, 6.07) is 5.58. The minimum absolute atomic E-state index is 0.289. The fourth-order valence-corrected chi connectivity index (χ4v) is 2.18. The third-order valence-corrected chi connectivity index (χ3v) is 3.20. The van der Waals surface area contributed by atoms with Gasteiger partial charge in [0, 0.05) is 16.6 Å². The Labute approximate surface area is 143 Å². The lowest BCUT2D eigenvalue weighted by Gasteiger charge is -2.20. The predicted octanol–water partition coefficient (Wildman–Crippen LogP) is 4.04. The second kappa shape index (κ2) is 7.50. The molecule has 7 heteroatoms. The molecule has 0 spiro atoms. The van der Waals surface area contributed by atoms with E-state index in [0.717, 1.165) is 10.0 Å². The number of nitrogens with zero attached hydrogens (tertiary/aromatic N) is 1. The standard InChI is InChI=1S/C16H19BrN2O4/c1-16(2,3)23-15(20)18-7-11-6-12(17)4-5-14(11)22-9-13-8-21-10-19-13/h4-6,8,10H,7,9H2,1-3H3,(H,18,20). The maximum Gasteiger partial charge on any atom is 0.407 e. The van der Waals surface area contributed by atoms with Gasteiger partial charge in [-0.1, -0.05) is 15.9 Å². The number of alkyl carbamates (subject to hydrolysis) is 1. The van der Waals surface area contributed by atoms with Crippen LogP contribution in [0.3, 0.4) is 0 Å². The Bertz CT molecular complexity index is 651. The highest BCUT2D eigenvalue weighted by atomic mass is 79.9. The Balaban J connectivity index is 1.99. The Morgan fingerprint density at radius 1 is 1.39 bits per heavy atom. The van der Waals surface area contributed by atoms with Crippen LogP contribution >= 0.6 is 15.9 Å². The second-order valence-electron chi connectivity index (χ2n) is 5.88. The highest BCUT2D eigenvalue weighted by Gasteiger charge is 2.16. The molecular formula is C16H19BrN2O4. The summed E-state index contributed by atoms with van der Waals surface area (Å²) < 4.78 is 16.8. The highest BCUT2D eigenvalue weighted by Crippen LogP contribution is 2.24.